The topological polar surface area (TPSA) is 118 Å². The van der Waals surface area contributed by atoms with E-state index in [2.05, 4.69) is 0 Å². The van der Waals surface area contributed by atoms with Crippen LogP contribution in [0.4, 0.5) is 10.1 Å². The Morgan fingerprint density at radius 3 is 2.86 bits per heavy atom. The summed E-state index contributed by atoms with van der Waals surface area (Å²) in [7, 11) is 0. The smallest absolute Gasteiger partial charge is 0.341 e. The molecule has 2 aliphatic rings. The highest BCUT2D eigenvalue weighted by Crippen LogP contribution is 2.42. The molecule has 1 saturated heterocycles. The first-order valence-electron chi connectivity index (χ1n) is 9.72. The van der Waals surface area contributed by atoms with Gasteiger partial charge in [-0.15, -0.1) is 0 Å². The van der Waals surface area contributed by atoms with Gasteiger partial charge in [0.25, 0.3) is 0 Å². The van der Waals surface area contributed by atoms with Crippen LogP contribution < -0.4 is 20.8 Å². The van der Waals surface area contributed by atoms with Gasteiger partial charge in [0.15, 0.2) is 11.6 Å². The van der Waals surface area contributed by atoms with Crippen LogP contribution in [0.1, 0.15) is 36.2 Å². The number of benzene rings is 1. The number of aliphatic hydroxyl groups excluding tert-OH is 1. The molecule has 156 valence electrons. The number of aromatic nitrogens is 1. The van der Waals surface area contributed by atoms with Crippen LogP contribution in [-0.2, 0) is 0 Å². The molecule has 3 atom stereocenters. The van der Waals surface area contributed by atoms with Gasteiger partial charge in [-0.3, -0.25) is 4.79 Å². The van der Waals surface area contributed by atoms with Crippen LogP contribution in [0.15, 0.2) is 17.1 Å². The number of piperidine rings is 1. The van der Waals surface area contributed by atoms with E-state index in [9.17, 15) is 19.8 Å². The number of rotatable bonds is 4. The summed E-state index contributed by atoms with van der Waals surface area (Å²) in [4.78, 5) is 26.0. The predicted molar refractivity (Wildman–Crippen MR) is 105 cm³/mol. The van der Waals surface area contributed by atoms with Gasteiger partial charge in [-0.1, -0.05) is 0 Å². The number of nitrogens with zero attached hydrogens (tertiary/aromatic N) is 2. The second-order valence-corrected chi connectivity index (χ2v) is 7.85. The van der Waals surface area contributed by atoms with Crippen LogP contribution in [0.3, 0.4) is 0 Å². The summed E-state index contributed by atoms with van der Waals surface area (Å²) in [6.07, 6.45) is 2.62. The zero-order chi connectivity index (χ0) is 20.9. The molecule has 3 heterocycles. The molecule has 29 heavy (non-hydrogen) atoms. The first-order chi connectivity index (χ1) is 13.8. The number of anilines is 1. The molecule has 2 aromatic rings. The van der Waals surface area contributed by atoms with E-state index < -0.39 is 22.8 Å². The Labute approximate surface area is 166 Å². The predicted octanol–water partition coefficient (Wildman–Crippen LogP) is 1.33. The highest BCUT2D eigenvalue weighted by Gasteiger charge is 2.33. The quantitative estimate of drug-likeness (QED) is 0.702. The van der Waals surface area contributed by atoms with Crippen molar-refractivity contribution >= 4 is 22.6 Å². The fourth-order valence-electron chi connectivity index (χ4n) is 4.42. The Hall–Kier alpha value is -2.65. The largest absolute Gasteiger partial charge is 0.487 e. The van der Waals surface area contributed by atoms with Crippen LogP contribution in [0.2, 0.25) is 0 Å². The number of carbonyl (C=O) groups is 1. The molecule has 0 bridgehead atoms. The number of ether oxygens (including phenoxy) is 1. The highest BCUT2D eigenvalue weighted by atomic mass is 19.1. The normalized spacial score (nSPS) is 23.9. The van der Waals surface area contributed by atoms with Crippen molar-refractivity contribution in [3.8, 4) is 5.75 Å². The van der Waals surface area contributed by atoms with Crippen LogP contribution in [0.25, 0.3) is 10.9 Å². The molecule has 0 amide bonds. The molecule has 4 N–H and O–H groups in total. The molecular formula is C20H24FN3O5. The number of carboxylic acid groups (broad SMARTS) is 1. The third-order valence-electron chi connectivity index (χ3n) is 5.99. The fourth-order valence-corrected chi connectivity index (χ4v) is 4.42. The van der Waals surface area contributed by atoms with Crippen molar-refractivity contribution in [2.75, 3.05) is 31.2 Å². The van der Waals surface area contributed by atoms with Crippen LogP contribution in [0, 0.1) is 11.7 Å². The van der Waals surface area contributed by atoms with Gasteiger partial charge in [-0.2, -0.15) is 0 Å². The van der Waals surface area contributed by atoms with Gasteiger partial charge in [-0.25, -0.2) is 9.18 Å². The maximum Gasteiger partial charge on any atom is 0.341 e. The minimum atomic E-state index is -1.35. The first-order valence-corrected chi connectivity index (χ1v) is 9.72. The summed E-state index contributed by atoms with van der Waals surface area (Å²) in [5.74, 6) is -1.57. The van der Waals surface area contributed by atoms with Crippen molar-refractivity contribution in [2.24, 2.45) is 11.7 Å². The average Bonchev–Trinajstić information content (AvgIpc) is 2.67. The summed E-state index contributed by atoms with van der Waals surface area (Å²) in [5.41, 5.74) is 5.78. The van der Waals surface area contributed by atoms with Crippen LogP contribution in [-0.4, -0.2) is 53.1 Å². The van der Waals surface area contributed by atoms with E-state index in [1.807, 2.05) is 11.8 Å². The van der Waals surface area contributed by atoms with E-state index in [0.29, 0.717) is 31.4 Å². The molecular weight excluding hydrogens is 381 g/mol. The van der Waals surface area contributed by atoms with Crippen molar-refractivity contribution in [1.82, 2.24) is 4.57 Å². The fraction of sp³-hybridized carbons (Fsp3) is 0.500. The van der Waals surface area contributed by atoms with Gasteiger partial charge in [0, 0.05) is 31.9 Å². The Balaban J connectivity index is 1.88. The summed E-state index contributed by atoms with van der Waals surface area (Å²) in [6.45, 7) is 3.08. The number of aromatic carboxylic acids is 1. The molecule has 0 spiro atoms. The lowest BCUT2D eigenvalue weighted by molar-refractivity contribution is 0.0694. The molecule has 0 aliphatic carbocycles. The molecule has 8 nitrogen and oxygen atoms in total. The van der Waals surface area contributed by atoms with E-state index in [0.717, 1.165) is 6.07 Å². The Morgan fingerprint density at radius 2 is 2.21 bits per heavy atom. The van der Waals surface area contributed by atoms with Crippen molar-refractivity contribution in [3.63, 3.8) is 0 Å². The molecule has 1 aromatic heterocycles. The number of hydrogen-bond acceptors (Lipinski definition) is 6. The van der Waals surface area contributed by atoms with Gasteiger partial charge < -0.3 is 30.2 Å². The van der Waals surface area contributed by atoms with Crippen molar-refractivity contribution < 1.29 is 24.1 Å². The molecule has 0 saturated carbocycles. The van der Waals surface area contributed by atoms with Gasteiger partial charge in [-0.05, 0) is 31.7 Å². The van der Waals surface area contributed by atoms with E-state index in [-0.39, 0.29) is 48.0 Å². The number of aliphatic hydroxyl groups is 1. The monoisotopic (exact) mass is 405 g/mol. The van der Waals surface area contributed by atoms with Gasteiger partial charge in [0.2, 0.25) is 5.43 Å². The van der Waals surface area contributed by atoms with Gasteiger partial charge in [0.1, 0.15) is 17.9 Å². The standard InChI is InChI=1S/C20H24FN3O5/c1-10-9-29-19-16-12(18(26)13(20(27)28)7-24(10)16)6-14(21)17(19)23-4-2-11(3-5-25)15(22)8-23/h6-7,10-11,15,25H,2-5,8-9,22H2,1H3,(H,27,28)/t10-,11-,15+/m0/s1. The molecule has 4 rings (SSSR count). The maximum atomic E-state index is 15.2. The third kappa shape index (κ3) is 3.14. The second kappa shape index (κ2) is 7.31. The lowest BCUT2D eigenvalue weighted by Crippen LogP contribution is -2.49. The molecule has 9 heteroatoms. The summed E-state index contributed by atoms with van der Waals surface area (Å²) in [5, 5.41) is 18.5. The average molecular weight is 405 g/mol. The Morgan fingerprint density at radius 1 is 1.45 bits per heavy atom. The van der Waals surface area contributed by atoms with E-state index in [1.165, 1.54) is 6.20 Å². The van der Waals surface area contributed by atoms with Gasteiger partial charge >= 0.3 is 5.97 Å². The molecule has 1 aromatic carbocycles. The molecule has 2 aliphatic heterocycles. The number of hydrogen-bond donors (Lipinski definition) is 3. The van der Waals surface area contributed by atoms with Gasteiger partial charge in [0.05, 0.1) is 16.9 Å². The van der Waals surface area contributed by atoms with E-state index >= 15 is 4.39 Å². The lowest BCUT2D eigenvalue weighted by atomic mass is 9.89. The third-order valence-corrected chi connectivity index (χ3v) is 5.99. The lowest BCUT2D eigenvalue weighted by Gasteiger charge is -2.39. The molecule has 1 fully saturated rings. The number of carboxylic acids is 1. The second-order valence-electron chi connectivity index (χ2n) is 7.85. The zero-order valence-electron chi connectivity index (χ0n) is 16.1. The van der Waals surface area contributed by atoms with Crippen LogP contribution in [0.5, 0.6) is 5.75 Å². The molecule has 0 radical (unpaired) electrons. The zero-order valence-corrected chi connectivity index (χ0v) is 16.1. The minimum absolute atomic E-state index is 0.00725. The summed E-state index contributed by atoms with van der Waals surface area (Å²) in [6, 6.07) is 0.670. The minimum Gasteiger partial charge on any atom is -0.487 e. The number of nitrogens with two attached hydrogens (primary N) is 1. The van der Waals surface area contributed by atoms with Crippen molar-refractivity contribution in [1.29, 1.82) is 0 Å². The SMILES string of the molecule is C[C@H]1COc2c(N3CC[C@@H](CCO)[C@H](N)C3)c(F)cc3c(=O)c(C(=O)O)cn1c23. The van der Waals surface area contributed by atoms with Crippen molar-refractivity contribution in [2.45, 2.75) is 31.8 Å². The summed E-state index contributed by atoms with van der Waals surface area (Å²) < 4.78 is 22.7. The molecule has 0 unspecified atom stereocenters. The number of pyridine rings is 1. The first kappa shape index (κ1) is 19.7. The summed E-state index contributed by atoms with van der Waals surface area (Å²) >= 11 is 0. The maximum absolute atomic E-state index is 15.2. The number of halogens is 1. The van der Waals surface area contributed by atoms with E-state index in [4.69, 9.17) is 10.5 Å². The highest BCUT2D eigenvalue weighted by molar-refractivity contribution is 5.97. The Bertz CT molecular complexity index is 1040. The van der Waals surface area contributed by atoms with Crippen molar-refractivity contribution in [3.05, 3.63) is 33.9 Å². The van der Waals surface area contributed by atoms with Crippen LogP contribution >= 0.6 is 0 Å². The Kier molecular flexibility index (Phi) is 4.95. The van der Waals surface area contributed by atoms with E-state index in [1.54, 1.807) is 4.57 Å².